The maximum Gasteiger partial charge on any atom is 0.258 e. The highest BCUT2D eigenvalue weighted by Crippen LogP contribution is 2.18. The molecule has 1 N–H and O–H groups in total. The van der Waals surface area contributed by atoms with Gasteiger partial charge in [0.1, 0.15) is 18.1 Å². The predicted octanol–water partition coefficient (Wildman–Crippen LogP) is 3.08. The summed E-state index contributed by atoms with van der Waals surface area (Å²) >= 11 is 0. The maximum absolute atomic E-state index is 11.8. The van der Waals surface area contributed by atoms with E-state index in [4.69, 9.17) is 9.47 Å². The minimum Gasteiger partial charge on any atom is -0.491 e. The van der Waals surface area contributed by atoms with Gasteiger partial charge in [-0.2, -0.15) is 0 Å². The molecule has 0 saturated carbocycles. The molecule has 25 heavy (non-hydrogen) atoms. The summed E-state index contributed by atoms with van der Waals surface area (Å²) in [5, 5.41) is 2.74. The number of rotatable bonds is 8. The lowest BCUT2D eigenvalue weighted by atomic mass is 10.1. The van der Waals surface area contributed by atoms with Gasteiger partial charge in [-0.05, 0) is 56.7 Å². The third-order valence-electron chi connectivity index (χ3n) is 3.64. The molecule has 5 heteroatoms. The summed E-state index contributed by atoms with van der Waals surface area (Å²) in [7, 11) is 0. The molecule has 2 aromatic rings. The fourth-order valence-electron chi connectivity index (χ4n) is 2.30. The lowest BCUT2D eigenvalue weighted by Crippen LogP contribution is -2.32. The van der Waals surface area contributed by atoms with E-state index in [1.165, 1.54) is 12.5 Å². The van der Waals surface area contributed by atoms with Gasteiger partial charge >= 0.3 is 0 Å². The molecule has 0 atom stereocenters. The molecule has 2 aromatic carbocycles. The molecule has 5 nitrogen and oxygen atoms in total. The van der Waals surface area contributed by atoms with Crippen LogP contribution in [0.3, 0.4) is 0 Å². The summed E-state index contributed by atoms with van der Waals surface area (Å²) < 4.78 is 11.0. The third-order valence-corrected chi connectivity index (χ3v) is 3.64. The second-order valence-corrected chi connectivity index (χ2v) is 5.84. The fourth-order valence-corrected chi connectivity index (χ4v) is 2.30. The van der Waals surface area contributed by atoms with E-state index in [2.05, 4.69) is 11.4 Å². The first-order valence-electron chi connectivity index (χ1n) is 8.16. The number of aryl methyl sites for hydroxylation is 2. The van der Waals surface area contributed by atoms with Crippen LogP contribution >= 0.6 is 0 Å². The van der Waals surface area contributed by atoms with Crippen molar-refractivity contribution in [3.8, 4) is 11.5 Å². The zero-order valence-electron chi connectivity index (χ0n) is 14.8. The van der Waals surface area contributed by atoms with Crippen LogP contribution < -0.4 is 14.8 Å². The number of ether oxygens (including phenoxy) is 2. The molecule has 0 radical (unpaired) electrons. The van der Waals surface area contributed by atoms with Gasteiger partial charge < -0.3 is 14.8 Å². The summed E-state index contributed by atoms with van der Waals surface area (Å²) in [5.41, 5.74) is 2.87. The molecule has 0 saturated heterocycles. The minimum atomic E-state index is -0.222. The fraction of sp³-hybridized carbons (Fsp3) is 0.300. The molecule has 2 rings (SSSR count). The largest absolute Gasteiger partial charge is 0.491 e. The quantitative estimate of drug-likeness (QED) is 0.592. The molecular formula is C20H23NO4. The van der Waals surface area contributed by atoms with E-state index in [9.17, 15) is 9.59 Å². The Labute approximate surface area is 148 Å². The van der Waals surface area contributed by atoms with Gasteiger partial charge in [0.2, 0.25) is 0 Å². The zero-order chi connectivity index (χ0) is 18.2. The summed E-state index contributed by atoms with van der Waals surface area (Å²) in [6, 6.07) is 12.7. The topological polar surface area (TPSA) is 64.6 Å². The highest BCUT2D eigenvalue weighted by atomic mass is 16.5. The molecule has 132 valence electrons. The van der Waals surface area contributed by atoms with Crippen molar-refractivity contribution in [2.45, 2.75) is 20.8 Å². The first kappa shape index (κ1) is 18.5. The second kappa shape index (κ2) is 8.87. The van der Waals surface area contributed by atoms with Crippen molar-refractivity contribution in [2.75, 3.05) is 19.8 Å². The van der Waals surface area contributed by atoms with Crippen LogP contribution in [0.2, 0.25) is 0 Å². The van der Waals surface area contributed by atoms with Gasteiger partial charge in [0.15, 0.2) is 12.4 Å². The predicted molar refractivity (Wildman–Crippen MR) is 96.4 cm³/mol. The highest BCUT2D eigenvalue weighted by Gasteiger charge is 2.04. The van der Waals surface area contributed by atoms with Crippen LogP contribution in [0.15, 0.2) is 42.5 Å². The SMILES string of the molecule is CC(=O)c1ccc(OCC(=O)NCCOc2ccc(C)cc2C)cc1. The number of amides is 1. The monoisotopic (exact) mass is 341 g/mol. The Balaban J connectivity index is 1.67. The number of carbonyl (C=O) groups is 2. The normalized spacial score (nSPS) is 10.2. The molecule has 0 bridgehead atoms. The molecule has 0 aromatic heterocycles. The van der Waals surface area contributed by atoms with E-state index >= 15 is 0 Å². The summed E-state index contributed by atoms with van der Waals surface area (Å²) in [6.45, 7) is 6.24. The Morgan fingerprint density at radius 2 is 1.72 bits per heavy atom. The van der Waals surface area contributed by atoms with E-state index in [-0.39, 0.29) is 18.3 Å². The van der Waals surface area contributed by atoms with Crippen LogP contribution in [0.25, 0.3) is 0 Å². The average molecular weight is 341 g/mol. The van der Waals surface area contributed by atoms with Crippen molar-refractivity contribution < 1.29 is 19.1 Å². The molecule has 0 unspecified atom stereocenters. The first-order valence-corrected chi connectivity index (χ1v) is 8.16. The number of ketones is 1. The molecule has 0 spiro atoms. The Hall–Kier alpha value is -2.82. The number of Topliss-reactive ketones (excluding diaryl/α,β-unsaturated/α-hetero) is 1. The Bertz CT molecular complexity index is 738. The van der Waals surface area contributed by atoms with Crippen LogP contribution in [0.5, 0.6) is 11.5 Å². The Kier molecular flexibility index (Phi) is 6.57. The molecule has 0 aliphatic carbocycles. The van der Waals surface area contributed by atoms with Gasteiger partial charge in [0, 0.05) is 5.56 Å². The first-order chi connectivity index (χ1) is 12.0. The lowest BCUT2D eigenvalue weighted by Gasteiger charge is -2.11. The van der Waals surface area contributed by atoms with E-state index in [0.29, 0.717) is 24.5 Å². The molecule has 0 fully saturated rings. The smallest absolute Gasteiger partial charge is 0.258 e. The van der Waals surface area contributed by atoms with Gasteiger partial charge in [0.05, 0.1) is 6.54 Å². The molecule has 0 heterocycles. The van der Waals surface area contributed by atoms with Crippen molar-refractivity contribution in [3.05, 3.63) is 59.2 Å². The van der Waals surface area contributed by atoms with Crippen LogP contribution in [-0.4, -0.2) is 31.4 Å². The van der Waals surface area contributed by atoms with Crippen LogP contribution in [-0.2, 0) is 4.79 Å². The van der Waals surface area contributed by atoms with Gasteiger partial charge in [-0.3, -0.25) is 9.59 Å². The van der Waals surface area contributed by atoms with E-state index in [0.717, 1.165) is 11.3 Å². The number of carbonyl (C=O) groups excluding carboxylic acids is 2. The van der Waals surface area contributed by atoms with E-state index in [1.54, 1.807) is 24.3 Å². The molecule has 1 amide bonds. The van der Waals surface area contributed by atoms with Crippen molar-refractivity contribution in [1.82, 2.24) is 5.32 Å². The summed E-state index contributed by atoms with van der Waals surface area (Å²) in [4.78, 5) is 23.0. The number of hydrogen-bond donors (Lipinski definition) is 1. The Morgan fingerprint density at radius 3 is 2.36 bits per heavy atom. The second-order valence-electron chi connectivity index (χ2n) is 5.84. The van der Waals surface area contributed by atoms with Crippen molar-refractivity contribution >= 4 is 11.7 Å². The average Bonchev–Trinajstić information content (AvgIpc) is 2.58. The Morgan fingerprint density at radius 1 is 1.00 bits per heavy atom. The van der Waals surface area contributed by atoms with Gasteiger partial charge in [-0.25, -0.2) is 0 Å². The van der Waals surface area contributed by atoms with Gasteiger partial charge in [-0.1, -0.05) is 17.7 Å². The highest BCUT2D eigenvalue weighted by molar-refractivity contribution is 5.94. The lowest BCUT2D eigenvalue weighted by molar-refractivity contribution is -0.123. The molecule has 0 aliphatic rings. The summed E-state index contributed by atoms with van der Waals surface area (Å²) in [6.07, 6.45) is 0. The van der Waals surface area contributed by atoms with E-state index in [1.807, 2.05) is 26.0 Å². The van der Waals surface area contributed by atoms with Crippen LogP contribution in [0, 0.1) is 13.8 Å². The van der Waals surface area contributed by atoms with Crippen molar-refractivity contribution in [2.24, 2.45) is 0 Å². The van der Waals surface area contributed by atoms with E-state index < -0.39 is 0 Å². The van der Waals surface area contributed by atoms with Crippen molar-refractivity contribution in [1.29, 1.82) is 0 Å². The zero-order valence-corrected chi connectivity index (χ0v) is 14.8. The van der Waals surface area contributed by atoms with Gasteiger partial charge in [0.25, 0.3) is 5.91 Å². The van der Waals surface area contributed by atoms with Crippen molar-refractivity contribution in [3.63, 3.8) is 0 Å². The van der Waals surface area contributed by atoms with Crippen LogP contribution in [0.1, 0.15) is 28.4 Å². The molecule has 0 aliphatic heterocycles. The molecular weight excluding hydrogens is 318 g/mol. The standard InChI is InChI=1S/C20H23NO4/c1-14-4-9-19(15(2)12-14)24-11-10-21-20(23)13-25-18-7-5-17(6-8-18)16(3)22/h4-9,12H,10-11,13H2,1-3H3,(H,21,23). The number of nitrogens with one attached hydrogen (secondary N) is 1. The van der Waals surface area contributed by atoms with Crippen LogP contribution in [0.4, 0.5) is 0 Å². The number of benzene rings is 2. The van der Waals surface area contributed by atoms with Gasteiger partial charge in [-0.15, -0.1) is 0 Å². The minimum absolute atomic E-state index is 0.00638. The third kappa shape index (κ3) is 5.95. The summed E-state index contributed by atoms with van der Waals surface area (Å²) in [5.74, 6) is 1.14. The number of hydrogen-bond acceptors (Lipinski definition) is 4. The maximum atomic E-state index is 11.8.